The van der Waals surface area contributed by atoms with E-state index in [1.54, 1.807) is 19.3 Å². The van der Waals surface area contributed by atoms with Crippen molar-refractivity contribution in [3.05, 3.63) is 48.6 Å². The fourth-order valence-electron chi connectivity index (χ4n) is 2.08. The van der Waals surface area contributed by atoms with Crippen molar-refractivity contribution in [2.24, 2.45) is 0 Å². The van der Waals surface area contributed by atoms with Crippen LogP contribution >= 0.6 is 0 Å². The molecular weight excluding hydrogens is 360 g/mol. The Kier molecular flexibility index (Phi) is 8.31. The number of rotatable bonds is 9. The number of methoxy groups -OCH3 is 2. The minimum Gasteiger partial charge on any atom is -0.493 e. The summed E-state index contributed by atoms with van der Waals surface area (Å²) in [5.41, 5.74) is 0.878. The first-order chi connectivity index (χ1) is 12.6. The molecule has 0 fully saturated rings. The van der Waals surface area contributed by atoms with E-state index in [0.29, 0.717) is 18.1 Å². The molecule has 0 saturated heterocycles. The second-order valence-electron chi connectivity index (χ2n) is 7.69. The molecule has 5 nitrogen and oxygen atoms in total. The highest BCUT2D eigenvalue weighted by Gasteiger charge is 2.39. The van der Waals surface area contributed by atoms with Crippen molar-refractivity contribution in [1.29, 1.82) is 0 Å². The molecule has 0 amide bonds. The maximum atomic E-state index is 11.6. The van der Waals surface area contributed by atoms with Crippen LogP contribution in [0.5, 0.6) is 11.5 Å². The lowest BCUT2D eigenvalue weighted by Gasteiger charge is -2.38. The summed E-state index contributed by atoms with van der Waals surface area (Å²) in [6.45, 7) is 14.9. The molecule has 1 rings (SSSR count). The third-order valence-electron chi connectivity index (χ3n) is 4.71. The Hall–Kier alpha value is -2.05. The molecule has 0 bridgehead atoms. The third-order valence-corrected chi connectivity index (χ3v) is 9.16. The predicted molar refractivity (Wildman–Crippen MR) is 111 cm³/mol. The van der Waals surface area contributed by atoms with Crippen molar-refractivity contribution in [2.45, 2.75) is 45.0 Å². The number of esters is 1. The Morgan fingerprint density at radius 1 is 1.22 bits per heavy atom. The zero-order chi connectivity index (χ0) is 20.7. The van der Waals surface area contributed by atoms with Gasteiger partial charge in [-0.1, -0.05) is 39.5 Å². The van der Waals surface area contributed by atoms with Crippen molar-refractivity contribution < 1.29 is 23.4 Å². The van der Waals surface area contributed by atoms with Crippen molar-refractivity contribution >= 4 is 14.3 Å². The summed E-state index contributed by atoms with van der Waals surface area (Å²) in [5.74, 6) is 0.811. The number of hydrogen-bond acceptors (Lipinski definition) is 5. The second-order valence-corrected chi connectivity index (χ2v) is 12.4. The SMILES string of the molecule is C=CCOc1ccc([C@@H](/C=C/C(=O)OC)O[Si](C)(C)C(C)(C)C)cc1OC. The van der Waals surface area contributed by atoms with Crippen LogP contribution in [0.4, 0.5) is 0 Å². The van der Waals surface area contributed by atoms with Gasteiger partial charge in [-0.15, -0.1) is 0 Å². The number of carbonyl (C=O) groups excluding carboxylic acids is 1. The summed E-state index contributed by atoms with van der Waals surface area (Å²) in [7, 11) is 0.860. The molecule has 0 unspecified atom stereocenters. The molecule has 0 aliphatic heterocycles. The summed E-state index contributed by atoms with van der Waals surface area (Å²) in [4.78, 5) is 11.6. The largest absolute Gasteiger partial charge is 0.493 e. The minimum absolute atomic E-state index is 0.0292. The molecule has 1 aromatic carbocycles. The number of carbonyl (C=O) groups is 1. The maximum Gasteiger partial charge on any atom is 0.330 e. The molecule has 27 heavy (non-hydrogen) atoms. The molecule has 0 aromatic heterocycles. The van der Waals surface area contributed by atoms with Gasteiger partial charge in [0.2, 0.25) is 0 Å². The lowest BCUT2D eigenvalue weighted by atomic mass is 10.1. The quantitative estimate of drug-likeness (QED) is 0.255. The normalized spacial score (nSPS) is 13.3. The van der Waals surface area contributed by atoms with Gasteiger partial charge in [0.1, 0.15) is 6.61 Å². The van der Waals surface area contributed by atoms with Crippen LogP contribution in [0, 0.1) is 0 Å². The van der Waals surface area contributed by atoms with Crippen LogP contribution < -0.4 is 9.47 Å². The summed E-state index contributed by atoms with van der Waals surface area (Å²) >= 11 is 0. The van der Waals surface area contributed by atoms with Crippen LogP contribution in [0.15, 0.2) is 43.0 Å². The van der Waals surface area contributed by atoms with Crippen LogP contribution in [-0.4, -0.2) is 35.1 Å². The lowest BCUT2D eigenvalue weighted by molar-refractivity contribution is -0.134. The lowest BCUT2D eigenvalue weighted by Crippen LogP contribution is -2.41. The highest BCUT2D eigenvalue weighted by Crippen LogP contribution is 2.41. The molecule has 1 aromatic rings. The molecule has 1 atom stereocenters. The van der Waals surface area contributed by atoms with Gasteiger partial charge < -0.3 is 18.6 Å². The first kappa shape index (κ1) is 23.0. The topological polar surface area (TPSA) is 54.0 Å². The van der Waals surface area contributed by atoms with Gasteiger partial charge in [-0.05, 0) is 41.9 Å². The molecule has 0 aliphatic rings. The third kappa shape index (κ3) is 6.56. The second kappa shape index (κ2) is 9.76. The van der Waals surface area contributed by atoms with E-state index in [9.17, 15) is 4.79 Å². The number of hydrogen-bond donors (Lipinski definition) is 0. The van der Waals surface area contributed by atoms with Gasteiger partial charge >= 0.3 is 5.97 Å². The van der Waals surface area contributed by atoms with E-state index in [0.717, 1.165) is 5.56 Å². The number of ether oxygens (including phenoxy) is 3. The Morgan fingerprint density at radius 3 is 2.41 bits per heavy atom. The molecule has 0 radical (unpaired) electrons. The number of benzene rings is 1. The Balaban J connectivity index is 3.27. The van der Waals surface area contributed by atoms with Crippen molar-refractivity contribution in [3.8, 4) is 11.5 Å². The van der Waals surface area contributed by atoms with Gasteiger partial charge in [0, 0.05) is 6.08 Å². The molecule has 0 heterocycles. The van der Waals surface area contributed by atoms with E-state index in [1.807, 2.05) is 18.2 Å². The van der Waals surface area contributed by atoms with Gasteiger partial charge in [0.05, 0.1) is 20.3 Å². The highest BCUT2D eigenvalue weighted by atomic mass is 28.4. The van der Waals surface area contributed by atoms with Crippen LogP contribution in [0.2, 0.25) is 18.1 Å². The Bertz CT molecular complexity index is 674. The van der Waals surface area contributed by atoms with Gasteiger partial charge in [-0.2, -0.15) is 0 Å². The average Bonchev–Trinajstić information content (AvgIpc) is 2.61. The van der Waals surface area contributed by atoms with E-state index in [-0.39, 0.29) is 5.04 Å². The molecule has 0 spiro atoms. The van der Waals surface area contributed by atoms with Gasteiger partial charge in [0.15, 0.2) is 19.8 Å². The van der Waals surface area contributed by atoms with E-state index in [4.69, 9.17) is 18.6 Å². The zero-order valence-corrected chi connectivity index (χ0v) is 18.5. The van der Waals surface area contributed by atoms with Gasteiger partial charge in [-0.3, -0.25) is 0 Å². The molecular formula is C21H32O5Si. The summed E-state index contributed by atoms with van der Waals surface area (Å²) in [6, 6.07) is 5.63. The smallest absolute Gasteiger partial charge is 0.330 e. The molecule has 0 N–H and O–H groups in total. The average molecular weight is 393 g/mol. The van der Waals surface area contributed by atoms with Crippen LogP contribution in [0.1, 0.15) is 32.4 Å². The summed E-state index contributed by atoms with van der Waals surface area (Å²) in [6.07, 6.45) is 4.40. The standard InChI is InChI=1S/C21H32O5Si/c1-9-14-25-18-11-10-16(15-19(18)23-5)17(12-13-20(22)24-6)26-27(7,8)21(2,3)4/h9-13,15,17H,1,14H2,2-8H3/b13-12+/t17-/m1/s1. The first-order valence-electron chi connectivity index (χ1n) is 8.91. The van der Waals surface area contributed by atoms with E-state index < -0.39 is 20.4 Å². The minimum atomic E-state index is -2.08. The van der Waals surface area contributed by atoms with E-state index >= 15 is 0 Å². The van der Waals surface area contributed by atoms with E-state index in [2.05, 4.69) is 40.4 Å². The Labute approximate surface area is 164 Å². The highest BCUT2D eigenvalue weighted by molar-refractivity contribution is 6.74. The van der Waals surface area contributed by atoms with Crippen LogP contribution in [-0.2, 0) is 14.0 Å². The van der Waals surface area contributed by atoms with Crippen molar-refractivity contribution in [2.75, 3.05) is 20.8 Å². The predicted octanol–water partition coefficient (Wildman–Crippen LogP) is 5.05. The molecule has 6 heteroatoms. The molecule has 0 aliphatic carbocycles. The monoisotopic (exact) mass is 392 g/mol. The fourth-order valence-corrected chi connectivity index (χ4v) is 3.28. The zero-order valence-electron chi connectivity index (χ0n) is 17.5. The Morgan fingerprint density at radius 2 is 1.89 bits per heavy atom. The van der Waals surface area contributed by atoms with Gasteiger partial charge in [0.25, 0.3) is 0 Å². The fraction of sp³-hybridized carbons (Fsp3) is 0.476. The van der Waals surface area contributed by atoms with E-state index in [1.165, 1.54) is 13.2 Å². The maximum absolute atomic E-state index is 11.6. The van der Waals surface area contributed by atoms with Gasteiger partial charge in [-0.25, -0.2) is 4.79 Å². The summed E-state index contributed by atoms with van der Waals surface area (Å²) in [5, 5.41) is 0.0292. The first-order valence-corrected chi connectivity index (χ1v) is 11.8. The van der Waals surface area contributed by atoms with Crippen LogP contribution in [0.3, 0.4) is 0 Å². The van der Waals surface area contributed by atoms with Crippen LogP contribution in [0.25, 0.3) is 0 Å². The molecule has 150 valence electrons. The van der Waals surface area contributed by atoms with Crippen molar-refractivity contribution in [3.63, 3.8) is 0 Å². The molecule has 0 saturated carbocycles. The summed E-state index contributed by atoms with van der Waals surface area (Å²) < 4.78 is 22.3. The van der Waals surface area contributed by atoms with Crippen molar-refractivity contribution in [1.82, 2.24) is 0 Å².